The van der Waals surface area contributed by atoms with Crippen molar-refractivity contribution in [1.82, 2.24) is 10.6 Å². The van der Waals surface area contributed by atoms with E-state index in [0.717, 1.165) is 10.6 Å². The Kier molecular flexibility index (Phi) is 10.9. The Labute approximate surface area is 264 Å². The molecule has 2 fully saturated rings. The number of halogens is 22. The summed E-state index contributed by atoms with van der Waals surface area (Å²) in [7, 11) is 0. The fourth-order valence-electron chi connectivity index (χ4n) is 4.97. The van der Waals surface area contributed by atoms with Gasteiger partial charge in [0.05, 0.1) is 0 Å². The summed E-state index contributed by atoms with van der Waals surface area (Å²) in [6.07, 6.45) is -0.767. The molecule has 294 valence electrons. The molecule has 26 heteroatoms. The van der Waals surface area contributed by atoms with Crippen LogP contribution >= 0.6 is 0 Å². The molecule has 0 radical (unpaired) electrons. The highest BCUT2D eigenvalue weighted by atomic mass is 19.4. The predicted molar refractivity (Wildman–Crippen MR) is 120 cm³/mol. The Balaban J connectivity index is 1.81. The number of hydrogen-bond donors (Lipinski definition) is 2. The summed E-state index contributed by atoms with van der Waals surface area (Å²) in [6.45, 7) is -2.21. The van der Waals surface area contributed by atoms with Crippen molar-refractivity contribution in [2.75, 3.05) is 13.1 Å². The van der Waals surface area contributed by atoms with Crippen LogP contribution in [0.3, 0.4) is 0 Å². The summed E-state index contributed by atoms with van der Waals surface area (Å²) >= 11 is 0. The number of carbonyl (C=O) groups is 2. The molecule has 0 aliphatic heterocycles. The number of nitrogens with one attached hydrogen (secondary N) is 2. The summed E-state index contributed by atoms with van der Waals surface area (Å²) in [5.74, 6) is -81.1. The van der Waals surface area contributed by atoms with Crippen LogP contribution in [0.2, 0.25) is 0 Å². The Morgan fingerprint density at radius 1 is 0.280 bits per heavy atom. The molecular weight excluding hydrogens is 766 g/mol. The van der Waals surface area contributed by atoms with E-state index in [0.29, 0.717) is 0 Å². The van der Waals surface area contributed by atoms with Gasteiger partial charge in [0.25, 0.3) is 11.8 Å². The van der Waals surface area contributed by atoms with Crippen molar-refractivity contribution in [2.24, 2.45) is 0 Å². The van der Waals surface area contributed by atoms with Gasteiger partial charge in [-0.15, -0.1) is 0 Å². The lowest BCUT2D eigenvalue weighted by atomic mass is 9.71. The van der Waals surface area contributed by atoms with Crippen LogP contribution in [0.4, 0.5) is 96.6 Å². The van der Waals surface area contributed by atoms with E-state index in [-0.39, 0.29) is 38.5 Å². The number of rotatable bonds is 13. The van der Waals surface area contributed by atoms with E-state index in [1.54, 1.807) is 0 Å². The Morgan fingerprint density at radius 3 is 0.640 bits per heavy atom. The molecule has 0 atom stereocenters. The SMILES string of the molecule is O=C(NCCCCCCCCCCNC(=O)C1(F)C(F)(F)C(F)(F)C(F)(F)C(F)(F)C1(F)F)C1(F)C(F)(F)C(F)(F)C(F)(F)C(F)(F)C1(F)F. The minimum Gasteiger partial charge on any atom is -0.353 e. The minimum atomic E-state index is -7.50. The van der Waals surface area contributed by atoms with Crippen molar-refractivity contribution in [2.45, 2.75) is 122 Å². The van der Waals surface area contributed by atoms with Crippen LogP contribution in [-0.4, -0.2) is 95.5 Å². The Bertz CT molecular complexity index is 1130. The van der Waals surface area contributed by atoms with Crippen molar-refractivity contribution < 1.29 is 106 Å². The lowest BCUT2D eigenvalue weighted by molar-refractivity contribution is -0.476. The molecule has 4 nitrogen and oxygen atoms in total. The third kappa shape index (κ3) is 5.11. The van der Waals surface area contributed by atoms with Gasteiger partial charge in [-0.1, -0.05) is 38.5 Å². The van der Waals surface area contributed by atoms with Gasteiger partial charge in [0.2, 0.25) is 0 Å². The van der Waals surface area contributed by atoms with Crippen LogP contribution in [0.1, 0.15) is 51.4 Å². The zero-order valence-electron chi connectivity index (χ0n) is 24.2. The molecular formula is C24H22F22N2O2. The topological polar surface area (TPSA) is 58.2 Å². The van der Waals surface area contributed by atoms with Crippen LogP contribution in [-0.2, 0) is 9.59 Å². The van der Waals surface area contributed by atoms with Crippen LogP contribution in [0.15, 0.2) is 0 Å². The molecule has 2 N–H and O–H groups in total. The van der Waals surface area contributed by atoms with E-state index >= 15 is 0 Å². The lowest BCUT2D eigenvalue weighted by Crippen LogP contribution is -2.86. The first kappa shape index (κ1) is 43.6. The maximum absolute atomic E-state index is 14.6. The summed E-state index contributed by atoms with van der Waals surface area (Å²) < 4.78 is 301. The fraction of sp³-hybridized carbons (Fsp3) is 0.917. The quantitative estimate of drug-likeness (QED) is 0.146. The Hall–Kier alpha value is -2.60. The fourth-order valence-corrected chi connectivity index (χ4v) is 4.97. The van der Waals surface area contributed by atoms with Crippen molar-refractivity contribution >= 4 is 11.8 Å². The van der Waals surface area contributed by atoms with E-state index in [2.05, 4.69) is 0 Å². The van der Waals surface area contributed by atoms with Crippen molar-refractivity contribution in [1.29, 1.82) is 0 Å². The average Bonchev–Trinajstić information content (AvgIpc) is 2.98. The van der Waals surface area contributed by atoms with Gasteiger partial charge in [0.1, 0.15) is 0 Å². The number of alkyl halides is 22. The first-order valence-electron chi connectivity index (χ1n) is 13.8. The lowest BCUT2D eigenvalue weighted by Gasteiger charge is -2.51. The molecule has 0 heterocycles. The monoisotopic (exact) mass is 788 g/mol. The second-order valence-electron chi connectivity index (χ2n) is 11.4. The van der Waals surface area contributed by atoms with E-state index < -0.39 is 108 Å². The molecule has 0 saturated heterocycles. The van der Waals surface area contributed by atoms with Gasteiger partial charge in [-0.3, -0.25) is 9.59 Å². The van der Waals surface area contributed by atoms with Gasteiger partial charge in [-0.2, -0.15) is 87.8 Å². The normalized spacial score (nSPS) is 27.9. The number of hydrogen-bond acceptors (Lipinski definition) is 2. The first-order chi connectivity index (χ1) is 22.0. The molecule has 0 spiro atoms. The first-order valence-corrected chi connectivity index (χ1v) is 13.8. The van der Waals surface area contributed by atoms with E-state index in [4.69, 9.17) is 0 Å². The van der Waals surface area contributed by atoms with Gasteiger partial charge < -0.3 is 10.6 Å². The molecule has 0 aromatic rings. The van der Waals surface area contributed by atoms with Crippen molar-refractivity contribution in [3.8, 4) is 0 Å². The number of amides is 2. The highest BCUT2D eigenvalue weighted by molar-refractivity contribution is 5.89. The molecule has 0 aromatic heterocycles. The minimum absolute atomic E-state index is 0.0592. The highest BCUT2D eigenvalue weighted by Gasteiger charge is 3.04. The van der Waals surface area contributed by atoms with Gasteiger partial charge in [-0.25, -0.2) is 8.78 Å². The summed E-state index contributed by atoms with van der Waals surface area (Å²) in [5, 5.41) is 1.86. The summed E-state index contributed by atoms with van der Waals surface area (Å²) in [5.41, 5.74) is -13.7. The predicted octanol–water partition coefficient (Wildman–Crippen LogP) is 8.14. The van der Waals surface area contributed by atoms with Gasteiger partial charge in [0.15, 0.2) is 0 Å². The van der Waals surface area contributed by atoms with E-state index in [1.165, 1.54) is 0 Å². The van der Waals surface area contributed by atoms with Crippen LogP contribution < -0.4 is 10.6 Å². The second kappa shape index (κ2) is 12.5. The molecule has 0 aromatic carbocycles. The van der Waals surface area contributed by atoms with Crippen molar-refractivity contribution in [3.05, 3.63) is 0 Å². The molecule has 2 aliphatic carbocycles. The van der Waals surface area contributed by atoms with Gasteiger partial charge in [0, 0.05) is 13.1 Å². The summed E-state index contributed by atoms with van der Waals surface area (Å²) in [4.78, 5) is 23.4. The van der Waals surface area contributed by atoms with Crippen LogP contribution in [0, 0.1) is 0 Å². The zero-order chi connectivity index (χ0) is 39.6. The molecule has 50 heavy (non-hydrogen) atoms. The van der Waals surface area contributed by atoms with E-state index in [1.807, 2.05) is 0 Å². The van der Waals surface area contributed by atoms with Gasteiger partial charge in [-0.05, 0) is 12.8 Å². The summed E-state index contributed by atoms with van der Waals surface area (Å²) in [6, 6.07) is 0. The smallest absolute Gasteiger partial charge is 0.353 e. The maximum Gasteiger partial charge on any atom is 0.384 e. The maximum atomic E-state index is 14.6. The molecule has 2 aliphatic rings. The average molecular weight is 788 g/mol. The van der Waals surface area contributed by atoms with Crippen LogP contribution in [0.5, 0.6) is 0 Å². The molecule has 0 unspecified atom stereocenters. The van der Waals surface area contributed by atoms with Crippen LogP contribution in [0.25, 0.3) is 0 Å². The van der Waals surface area contributed by atoms with Crippen molar-refractivity contribution in [3.63, 3.8) is 0 Å². The Morgan fingerprint density at radius 2 is 0.440 bits per heavy atom. The number of unbranched alkanes of at least 4 members (excludes halogenated alkanes) is 7. The number of carbonyl (C=O) groups excluding carboxylic acids is 2. The highest BCUT2D eigenvalue weighted by Crippen LogP contribution is 2.71. The van der Waals surface area contributed by atoms with E-state index in [9.17, 15) is 106 Å². The third-order valence-electron chi connectivity index (χ3n) is 8.19. The molecule has 2 saturated carbocycles. The largest absolute Gasteiger partial charge is 0.384 e. The third-order valence-corrected chi connectivity index (χ3v) is 8.19. The molecule has 0 bridgehead atoms. The zero-order valence-corrected chi connectivity index (χ0v) is 24.2. The molecule has 2 amide bonds. The second-order valence-corrected chi connectivity index (χ2v) is 11.4. The van der Waals surface area contributed by atoms with Gasteiger partial charge >= 0.3 is 70.6 Å². The molecule has 2 rings (SSSR count). The standard InChI is InChI=1S/C24H22F22N2O2/c25-13(15(27,28)19(35,36)23(43,44)20(37,38)16(13,29)30)11(49)47-9-7-5-3-1-2-4-6-8-10-48-12(50)14(26)17(31,32)21(39,40)24(45,46)22(41,42)18(14,33)34/h1-10H2,(H,47,49)(H,48,50).